The number of halogens is 1. The maximum Gasteiger partial charge on any atom is 0.172 e. The smallest absolute Gasteiger partial charge is 0.172 e. The predicted molar refractivity (Wildman–Crippen MR) is 46.8 cm³/mol. The summed E-state index contributed by atoms with van der Waals surface area (Å²) < 4.78 is 13.2. The summed E-state index contributed by atoms with van der Waals surface area (Å²) >= 11 is 0. The molecule has 1 nitrogen and oxygen atoms in total. The molecule has 2 rings (SSSR count). The highest BCUT2D eigenvalue weighted by Gasteiger charge is 2.23. The zero-order valence-corrected chi connectivity index (χ0v) is 6.83. The van der Waals surface area contributed by atoms with Gasteiger partial charge in [-0.15, -0.1) is 0 Å². The first-order valence-corrected chi connectivity index (χ1v) is 4.25. The Morgan fingerprint density at radius 3 is 2.75 bits per heavy atom. The van der Waals surface area contributed by atoms with Crippen LogP contribution in [-0.4, -0.2) is 12.8 Å². The summed E-state index contributed by atoms with van der Waals surface area (Å²) in [6.07, 6.45) is 0.839. The molecule has 1 radical (unpaired) electrons. The van der Waals surface area contributed by atoms with Crippen LogP contribution < -0.4 is 4.90 Å². The van der Waals surface area contributed by atoms with Crippen LogP contribution in [0.4, 0.5) is 10.1 Å². The Morgan fingerprint density at radius 2 is 2.17 bits per heavy atom. The molecule has 0 saturated carbocycles. The van der Waals surface area contributed by atoms with Crippen LogP contribution in [0.1, 0.15) is 12.8 Å². The van der Waals surface area contributed by atoms with Crippen LogP contribution in [0.2, 0.25) is 0 Å². The van der Waals surface area contributed by atoms with E-state index in [1.165, 1.54) is 0 Å². The van der Waals surface area contributed by atoms with E-state index < -0.39 is 6.30 Å². The Bertz CT molecular complexity index is 247. The van der Waals surface area contributed by atoms with E-state index in [0.29, 0.717) is 6.42 Å². The molecular weight excluding hydrogens is 153 g/mol. The Balaban J connectivity index is 2.19. The van der Waals surface area contributed by atoms with Gasteiger partial charge >= 0.3 is 0 Å². The first-order valence-electron chi connectivity index (χ1n) is 4.25. The summed E-state index contributed by atoms with van der Waals surface area (Å²) in [4.78, 5) is 1.80. The lowest BCUT2D eigenvalue weighted by Crippen LogP contribution is -2.24. The van der Waals surface area contributed by atoms with E-state index in [4.69, 9.17) is 0 Å². The van der Waals surface area contributed by atoms with Crippen molar-refractivity contribution in [2.75, 3.05) is 11.4 Å². The summed E-state index contributed by atoms with van der Waals surface area (Å²) in [5.41, 5.74) is 0.971. The standard InChI is InChI=1S/C10H11FN/c11-10-7-4-8-12(10)9-5-2-1-3-6-9/h2-3,5-6,10H,4,7-8H2/t10-/m1/s1. The Hall–Kier alpha value is -1.05. The van der Waals surface area contributed by atoms with Crippen LogP contribution in [0.5, 0.6) is 0 Å². The second kappa shape index (κ2) is 3.13. The Morgan fingerprint density at radius 1 is 1.42 bits per heavy atom. The van der Waals surface area contributed by atoms with Crippen molar-refractivity contribution in [1.82, 2.24) is 0 Å². The minimum absolute atomic E-state index is 0.665. The number of benzene rings is 1. The topological polar surface area (TPSA) is 3.24 Å². The van der Waals surface area contributed by atoms with Gasteiger partial charge in [-0.25, -0.2) is 4.39 Å². The van der Waals surface area contributed by atoms with Crippen LogP contribution >= 0.6 is 0 Å². The van der Waals surface area contributed by atoms with Crippen molar-refractivity contribution in [1.29, 1.82) is 0 Å². The largest absolute Gasteiger partial charge is 0.342 e. The molecule has 0 aliphatic carbocycles. The molecule has 1 aromatic carbocycles. The lowest BCUT2D eigenvalue weighted by Gasteiger charge is -2.20. The minimum Gasteiger partial charge on any atom is -0.342 e. The van der Waals surface area contributed by atoms with Gasteiger partial charge in [-0.2, -0.15) is 0 Å². The summed E-state index contributed by atoms with van der Waals surface area (Å²) in [5, 5.41) is 0. The maximum absolute atomic E-state index is 13.2. The summed E-state index contributed by atoms with van der Waals surface area (Å²) in [7, 11) is 0. The third-order valence-corrected chi connectivity index (χ3v) is 2.21. The molecule has 1 saturated heterocycles. The molecule has 0 bridgehead atoms. The van der Waals surface area contributed by atoms with Gasteiger partial charge in [0.15, 0.2) is 6.30 Å². The molecule has 2 heteroatoms. The number of alkyl halides is 1. The number of nitrogens with zero attached hydrogens (tertiary/aromatic N) is 1. The first-order chi connectivity index (χ1) is 5.88. The van der Waals surface area contributed by atoms with Crippen LogP contribution in [0, 0.1) is 6.07 Å². The number of hydrogen-bond donors (Lipinski definition) is 0. The van der Waals surface area contributed by atoms with Crippen LogP contribution in [0.25, 0.3) is 0 Å². The monoisotopic (exact) mass is 164 g/mol. The van der Waals surface area contributed by atoms with Crippen molar-refractivity contribution in [3.63, 3.8) is 0 Å². The van der Waals surface area contributed by atoms with Crippen LogP contribution in [0.15, 0.2) is 24.3 Å². The molecule has 12 heavy (non-hydrogen) atoms. The Kier molecular flexibility index (Phi) is 1.98. The molecule has 0 spiro atoms. The van der Waals surface area contributed by atoms with Gasteiger partial charge in [0.25, 0.3) is 0 Å². The van der Waals surface area contributed by atoms with Crippen molar-refractivity contribution >= 4 is 5.69 Å². The van der Waals surface area contributed by atoms with E-state index in [9.17, 15) is 4.39 Å². The SMILES string of the molecule is F[C@H]1CCCN1c1cc[c]cc1. The van der Waals surface area contributed by atoms with Crippen LogP contribution in [0.3, 0.4) is 0 Å². The van der Waals surface area contributed by atoms with Gasteiger partial charge in [-0.05, 0) is 31.0 Å². The van der Waals surface area contributed by atoms with Gasteiger partial charge in [-0.1, -0.05) is 12.1 Å². The third-order valence-electron chi connectivity index (χ3n) is 2.21. The minimum atomic E-state index is -0.785. The van der Waals surface area contributed by atoms with Gasteiger partial charge in [0.1, 0.15) is 0 Å². The van der Waals surface area contributed by atoms with E-state index in [1.54, 1.807) is 4.90 Å². The second-order valence-electron chi connectivity index (χ2n) is 3.03. The summed E-state index contributed by atoms with van der Waals surface area (Å²) in [6, 6.07) is 10.4. The zero-order chi connectivity index (χ0) is 8.39. The highest BCUT2D eigenvalue weighted by molar-refractivity contribution is 5.47. The van der Waals surface area contributed by atoms with Crippen molar-refractivity contribution in [2.45, 2.75) is 19.1 Å². The molecule has 0 N–H and O–H groups in total. The van der Waals surface area contributed by atoms with Crippen molar-refractivity contribution in [2.24, 2.45) is 0 Å². The van der Waals surface area contributed by atoms with Gasteiger partial charge in [0.05, 0.1) is 0 Å². The first kappa shape index (κ1) is 7.59. The van der Waals surface area contributed by atoms with E-state index >= 15 is 0 Å². The molecule has 0 unspecified atom stereocenters. The fourth-order valence-electron chi connectivity index (χ4n) is 1.59. The predicted octanol–water partition coefficient (Wildman–Crippen LogP) is 2.38. The quantitative estimate of drug-likeness (QED) is 0.576. The third kappa shape index (κ3) is 1.29. The van der Waals surface area contributed by atoms with E-state index in [-0.39, 0.29) is 0 Å². The highest BCUT2D eigenvalue weighted by Crippen LogP contribution is 2.25. The number of rotatable bonds is 1. The summed E-state index contributed by atoms with van der Waals surface area (Å²) in [6.45, 7) is 0.838. The number of hydrogen-bond acceptors (Lipinski definition) is 1. The van der Waals surface area contributed by atoms with Crippen molar-refractivity contribution in [3.8, 4) is 0 Å². The zero-order valence-electron chi connectivity index (χ0n) is 6.83. The molecular formula is C10H11FN. The lowest BCUT2D eigenvalue weighted by molar-refractivity contribution is 0.345. The van der Waals surface area contributed by atoms with Gasteiger partial charge in [0, 0.05) is 12.2 Å². The number of anilines is 1. The molecule has 1 aromatic rings. The van der Waals surface area contributed by atoms with Crippen LogP contribution in [-0.2, 0) is 0 Å². The fourth-order valence-corrected chi connectivity index (χ4v) is 1.59. The fraction of sp³-hybridized carbons (Fsp3) is 0.400. The van der Waals surface area contributed by atoms with Gasteiger partial charge in [-0.3, -0.25) is 0 Å². The molecule has 0 aromatic heterocycles. The van der Waals surface area contributed by atoms with E-state index in [2.05, 4.69) is 6.07 Å². The molecule has 0 amide bonds. The lowest BCUT2D eigenvalue weighted by atomic mass is 10.3. The van der Waals surface area contributed by atoms with Crippen molar-refractivity contribution in [3.05, 3.63) is 30.3 Å². The van der Waals surface area contributed by atoms with Crippen molar-refractivity contribution < 1.29 is 4.39 Å². The highest BCUT2D eigenvalue weighted by atomic mass is 19.1. The molecule has 1 atom stereocenters. The normalized spacial score (nSPS) is 23.1. The molecule has 1 aliphatic rings. The van der Waals surface area contributed by atoms with Gasteiger partial charge in [0.2, 0.25) is 0 Å². The maximum atomic E-state index is 13.2. The molecule has 1 aliphatic heterocycles. The average Bonchev–Trinajstić information content (AvgIpc) is 2.53. The van der Waals surface area contributed by atoms with E-state index in [1.807, 2.05) is 24.3 Å². The van der Waals surface area contributed by atoms with E-state index in [0.717, 1.165) is 18.7 Å². The Labute approximate surface area is 71.8 Å². The molecule has 1 fully saturated rings. The average molecular weight is 164 g/mol. The second-order valence-corrected chi connectivity index (χ2v) is 3.03. The van der Waals surface area contributed by atoms with Gasteiger partial charge < -0.3 is 4.90 Å². The molecule has 63 valence electrons. The molecule has 1 heterocycles. The summed E-state index contributed by atoms with van der Waals surface area (Å²) in [5.74, 6) is 0.